The first-order chi connectivity index (χ1) is 9.44. The van der Waals surface area contributed by atoms with Gasteiger partial charge in [-0.2, -0.15) is 4.33 Å². The Labute approximate surface area is 124 Å². The number of hydrogen-bond donors (Lipinski definition) is 0. The molecule has 0 aromatic heterocycles. The maximum atomic E-state index is 12.3. The highest BCUT2D eigenvalue weighted by atomic mass is 32.2. The van der Waals surface area contributed by atoms with E-state index in [9.17, 15) is 10.1 Å². The van der Waals surface area contributed by atoms with Gasteiger partial charge in [0.25, 0.3) is 0 Å². The summed E-state index contributed by atoms with van der Waals surface area (Å²) in [5, 5.41) is 13.0. The third kappa shape index (κ3) is 6.78. The minimum Gasteiger partial charge on any atom is -0.691 e. The van der Waals surface area contributed by atoms with Crippen molar-refractivity contribution in [1.29, 1.82) is 0 Å². The van der Waals surface area contributed by atoms with Crippen molar-refractivity contribution in [3.05, 3.63) is 0 Å². The molecule has 1 aliphatic rings. The van der Waals surface area contributed by atoms with Crippen LogP contribution in [0, 0.1) is 0 Å². The number of rotatable bonds is 6. The molecule has 20 heavy (non-hydrogen) atoms. The van der Waals surface area contributed by atoms with Crippen molar-refractivity contribution < 1.29 is 24.2 Å². The molecule has 1 fully saturated rings. The molecule has 0 aliphatic heterocycles. The lowest BCUT2D eigenvalue weighted by Crippen LogP contribution is -2.45. The first kappa shape index (κ1) is 17.6. The maximum absolute atomic E-state index is 12.3. The van der Waals surface area contributed by atoms with Gasteiger partial charge in [-0.1, -0.05) is 19.3 Å². The van der Waals surface area contributed by atoms with Crippen LogP contribution in [0.2, 0.25) is 0 Å². The van der Waals surface area contributed by atoms with Crippen LogP contribution in [-0.4, -0.2) is 34.9 Å². The van der Waals surface area contributed by atoms with Crippen LogP contribution in [0.5, 0.6) is 0 Å². The summed E-state index contributed by atoms with van der Waals surface area (Å²) in [6.07, 6.45) is 5.20. The Morgan fingerprint density at radius 3 is 2.50 bits per heavy atom. The van der Waals surface area contributed by atoms with Crippen molar-refractivity contribution in [1.82, 2.24) is 4.90 Å². The number of hydrogen-bond acceptors (Lipinski definition) is 6. The highest BCUT2D eigenvalue weighted by molar-refractivity contribution is 7.94. The van der Waals surface area contributed by atoms with Gasteiger partial charge in [0.2, 0.25) is 0 Å². The van der Waals surface area contributed by atoms with E-state index < -0.39 is 5.60 Å². The van der Waals surface area contributed by atoms with Gasteiger partial charge in [-0.05, 0) is 33.6 Å². The van der Waals surface area contributed by atoms with E-state index >= 15 is 0 Å². The number of carbonyl (C=O) groups is 1. The summed E-state index contributed by atoms with van der Waals surface area (Å²) in [5.74, 6) is 0.470. The van der Waals surface area contributed by atoms with Crippen LogP contribution in [0.3, 0.4) is 0 Å². The van der Waals surface area contributed by atoms with E-state index in [1.165, 1.54) is 6.42 Å². The first-order valence-electron chi connectivity index (χ1n) is 7.02. The molecule has 0 heterocycles. The third-order valence-corrected chi connectivity index (χ3v) is 3.64. The predicted molar refractivity (Wildman–Crippen MR) is 74.4 cm³/mol. The summed E-state index contributed by atoms with van der Waals surface area (Å²) in [5.41, 5.74) is -0.508. The SMILES string of the molecule is CC(C)(C)OC(=O)N(CCSOO[O-])C1CCCCC1. The van der Waals surface area contributed by atoms with Gasteiger partial charge >= 0.3 is 6.09 Å². The van der Waals surface area contributed by atoms with Crippen LogP contribution in [-0.2, 0) is 14.1 Å². The molecule has 1 rings (SSSR count). The second-order valence-electron chi connectivity index (χ2n) is 5.92. The van der Waals surface area contributed by atoms with Crippen LogP contribution in [0.4, 0.5) is 4.79 Å². The average Bonchev–Trinajstić information content (AvgIpc) is 2.37. The summed E-state index contributed by atoms with van der Waals surface area (Å²) in [4.78, 5) is 14.0. The minimum absolute atomic E-state index is 0.215. The van der Waals surface area contributed by atoms with Crippen LogP contribution in [0.1, 0.15) is 52.9 Å². The van der Waals surface area contributed by atoms with E-state index in [0.29, 0.717) is 12.3 Å². The zero-order chi connectivity index (χ0) is 15.0. The van der Waals surface area contributed by atoms with Gasteiger partial charge in [-0.25, -0.2) is 4.79 Å². The van der Waals surface area contributed by atoms with Crippen LogP contribution >= 0.6 is 12.0 Å². The second-order valence-corrected chi connectivity index (χ2v) is 6.70. The fourth-order valence-corrected chi connectivity index (χ4v) is 2.70. The quantitative estimate of drug-likeness (QED) is 0.325. The van der Waals surface area contributed by atoms with Crippen molar-refractivity contribution in [3.8, 4) is 0 Å². The Morgan fingerprint density at radius 2 is 1.95 bits per heavy atom. The molecule has 0 unspecified atom stereocenters. The highest BCUT2D eigenvalue weighted by Crippen LogP contribution is 2.24. The van der Waals surface area contributed by atoms with Crippen LogP contribution in [0.25, 0.3) is 0 Å². The highest BCUT2D eigenvalue weighted by Gasteiger charge is 2.29. The topological polar surface area (TPSA) is 71.1 Å². The molecule has 0 aromatic rings. The molecule has 0 N–H and O–H groups in total. The lowest BCUT2D eigenvalue weighted by Gasteiger charge is -2.35. The predicted octanol–water partition coefficient (Wildman–Crippen LogP) is 2.43. The maximum Gasteiger partial charge on any atom is 0.410 e. The van der Waals surface area contributed by atoms with E-state index in [2.05, 4.69) is 9.37 Å². The van der Waals surface area contributed by atoms with E-state index in [-0.39, 0.29) is 12.1 Å². The average molecular weight is 306 g/mol. The molecule has 0 aromatic carbocycles. The summed E-state index contributed by atoms with van der Waals surface area (Å²) in [6, 6.07) is 0.215. The summed E-state index contributed by atoms with van der Waals surface area (Å²) >= 11 is 0.897. The molecule has 7 heteroatoms. The van der Waals surface area contributed by atoms with E-state index in [0.717, 1.165) is 37.7 Å². The third-order valence-electron chi connectivity index (χ3n) is 3.13. The summed E-state index contributed by atoms with van der Waals surface area (Å²) in [6.45, 7) is 6.04. The fraction of sp³-hybridized carbons (Fsp3) is 0.923. The molecule has 1 aliphatic carbocycles. The van der Waals surface area contributed by atoms with Crippen molar-refractivity contribution in [3.63, 3.8) is 0 Å². The molecule has 6 nitrogen and oxygen atoms in total. The Kier molecular flexibility index (Phi) is 7.65. The first-order valence-corrected chi connectivity index (χ1v) is 7.93. The largest absolute Gasteiger partial charge is 0.691 e. The number of nitrogens with zero attached hydrogens (tertiary/aromatic N) is 1. The molecular formula is C13H24NO5S-. The standard InChI is InChI=1S/C13H25NO5S/c1-13(2,3)17-12(15)14(9-10-20-19-18-16)11-7-5-4-6-8-11/h11,16H,4-10H2,1-3H3/p-1. The molecule has 1 saturated carbocycles. The van der Waals surface area contributed by atoms with Gasteiger partial charge < -0.3 is 14.9 Å². The van der Waals surface area contributed by atoms with Gasteiger partial charge in [0, 0.05) is 30.4 Å². The van der Waals surface area contributed by atoms with Crippen molar-refractivity contribution in [2.45, 2.75) is 64.5 Å². The molecule has 1 amide bonds. The van der Waals surface area contributed by atoms with E-state index in [4.69, 9.17) is 4.74 Å². The lowest BCUT2D eigenvalue weighted by atomic mass is 9.94. The Bertz CT molecular complexity index is 289. The minimum atomic E-state index is -0.508. The fourth-order valence-electron chi connectivity index (χ4n) is 2.33. The lowest BCUT2D eigenvalue weighted by molar-refractivity contribution is -0.777. The zero-order valence-corrected chi connectivity index (χ0v) is 13.2. The van der Waals surface area contributed by atoms with Crippen molar-refractivity contribution >= 4 is 18.1 Å². The molecule has 0 spiro atoms. The van der Waals surface area contributed by atoms with Crippen LogP contribution in [0.15, 0.2) is 0 Å². The molecule has 0 radical (unpaired) electrons. The smallest absolute Gasteiger partial charge is 0.410 e. The number of ether oxygens (including phenoxy) is 1. The molecule has 118 valence electrons. The number of carbonyl (C=O) groups excluding carboxylic acids is 1. The second kappa shape index (κ2) is 8.71. The van der Waals surface area contributed by atoms with E-state index in [1.54, 1.807) is 4.90 Å². The van der Waals surface area contributed by atoms with E-state index in [1.807, 2.05) is 20.8 Å². The van der Waals surface area contributed by atoms with Gasteiger partial charge in [-0.3, -0.25) is 5.04 Å². The van der Waals surface area contributed by atoms with Gasteiger partial charge in [0.1, 0.15) is 5.60 Å². The molecule has 0 atom stereocenters. The molecular weight excluding hydrogens is 282 g/mol. The zero-order valence-electron chi connectivity index (χ0n) is 12.4. The summed E-state index contributed by atoms with van der Waals surface area (Å²) < 4.78 is 9.69. The van der Waals surface area contributed by atoms with Crippen LogP contribution < -0.4 is 5.26 Å². The Balaban J connectivity index is 2.55. The summed E-state index contributed by atoms with van der Waals surface area (Å²) in [7, 11) is 0. The monoisotopic (exact) mass is 306 g/mol. The van der Waals surface area contributed by atoms with Gasteiger partial charge in [-0.15, -0.1) is 0 Å². The Hall–Kier alpha value is -0.500. The van der Waals surface area contributed by atoms with Crippen molar-refractivity contribution in [2.75, 3.05) is 12.3 Å². The van der Waals surface area contributed by atoms with Crippen molar-refractivity contribution in [2.24, 2.45) is 0 Å². The molecule has 0 saturated heterocycles. The normalized spacial score (nSPS) is 17.0. The van der Waals surface area contributed by atoms with Gasteiger partial charge in [0.15, 0.2) is 0 Å². The number of amides is 1. The van der Waals surface area contributed by atoms with Gasteiger partial charge in [0.05, 0.1) is 0 Å². The molecule has 0 bridgehead atoms. The Morgan fingerprint density at radius 1 is 1.30 bits per heavy atom.